The predicted molar refractivity (Wildman–Crippen MR) is 46.8 cm³/mol. The normalized spacial score (nSPS) is 12.5. The van der Waals surface area contributed by atoms with Crippen molar-refractivity contribution in [2.24, 2.45) is 0 Å². The van der Waals surface area contributed by atoms with Crippen LogP contribution in [0.2, 0.25) is 0 Å². The van der Waals surface area contributed by atoms with Crippen LogP contribution in [0.4, 0.5) is 4.39 Å². The number of ether oxygens (including phenoxy) is 1. The summed E-state index contributed by atoms with van der Waals surface area (Å²) < 4.78 is 17.1. The first-order valence-corrected chi connectivity index (χ1v) is 4.43. The number of methoxy groups -OCH3 is 1. The Morgan fingerprint density at radius 2 is 2.38 bits per heavy atom. The van der Waals surface area contributed by atoms with Crippen LogP contribution in [0.15, 0.2) is 6.07 Å². The number of rotatable bonds is 2. The topological polar surface area (TPSA) is 46.5 Å². The number of hydrogen-bond donors (Lipinski definition) is 1. The molecule has 1 aromatic heterocycles. The SMILES string of the molecule is COC(=O)c1sc(C(C)F)cc1O. The molecule has 0 fully saturated rings. The molecule has 1 heterocycles. The van der Waals surface area contributed by atoms with E-state index in [9.17, 15) is 14.3 Å². The maximum atomic E-state index is 12.7. The monoisotopic (exact) mass is 204 g/mol. The third-order valence-corrected chi connectivity index (χ3v) is 2.75. The molecule has 3 nitrogen and oxygen atoms in total. The van der Waals surface area contributed by atoms with Gasteiger partial charge in [-0.1, -0.05) is 0 Å². The maximum absolute atomic E-state index is 12.7. The molecule has 0 saturated carbocycles. The van der Waals surface area contributed by atoms with Crippen LogP contribution in [0, 0.1) is 0 Å². The Balaban J connectivity index is 3.03. The molecule has 0 spiro atoms. The molecule has 5 heteroatoms. The van der Waals surface area contributed by atoms with Crippen LogP contribution in [-0.4, -0.2) is 18.2 Å². The lowest BCUT2D eigenvalue weighted by Crippen LogP contribution is -1.97. The third kappa shape index (κ3) is 1.98. The van der Waals surface area contributed by atoms with Crippen LogP contribution in [0.1, 0.15) is 27.6 Å². The number of aromatic hydroxyl groups is 1. The molecule has 1 rings (SSSR count). The van der Waals surface area contributed by atoms with Gasteiger partial charge >= 0.3 is 5.97 Å². The van der Waals surface area contributed by atoms with Gasteiger partial charge in [0.1, 0.15) is 11.9 Å². The van der Waals surface area contributed by atoms with E-state index in [1.807, 2.05) is 0 Å². The van der Waals surface area contributed by atoms with E-state index in [0.29, 0.717) is 4.88 Å². The molecule has 1 atom stereocenters. The minimum Gasteiger partial charge on any atom is -0.506 e. The quantitative estimate of drug-likeness (QED) is 0.751. The van der Waals surface area contributed by atoms with Crippen LogP contribution in [0.25, 0.3) is 0 Å². The zero-order valence-electron chi connectivity index (χ0n) is 7.20. The first kappa shape index (κ1) is 9.98. The summed E-state index contributed by atoms with van der Waals surface area (Å²) in [6.07, 6.45) is -1.19. The Bertz CT molecular complexity index is 319. The van der Waals surface area contributed by atoms with Crippen LogP contribution in [-0.2, 0) is 4.74 Å². The van der Waals surface area contributed by atoms with Gasteiger partial charge < -0.3 is 9.84 Å². The summed E-state index contributed by atoms with van der Waals surface area (Å²) >= 11 is 0.901. The highest BCUT2D eigenvalue weighted by molar-refractivity contribution is 7.14. The smallest absolute Gasteiger partial charge is 0.351 e. The van der Waals surface area contributed by atoms with Crippen molar-refractivity contribution >= 4 is 17.3 Å². The van der Waals surface area contributed by atoms with Crippen LogP contribution >= 0.6 is 11.3 Å². The molecule has 0 aliphatic rings. The lowest BCUT2D eigenvalue weighted by atomic mass is 10.3. The highest BCUT2D eigenvalue weighted by Gasteiger charge is 2.18. The fourth-order valence-electron chi connectivity index (χ4n) is 0.835. The van der Waals surface area contributed by atoms with Crippen molar-refractivity contribution < 1.29 is 19.0 Å². The zero-order valence-corrected chi connectivity index (χ0v) is 8.02. The summed E-state index contributed by atoms with van der Waals surface area (Å²) in [6.45, 7) is 1.34. The van der Waals surface area contributed by atoms with Gasteiger partial charge in [0, 0.05) is 4.88 Å². The van der Waals surface area contributed by atoms with Gasteiger partial charge in [0.15, 0.2) is 4.88 Å². The molecule has 0 aliphatic heterocycles. The number of carbonyl (C=O) groups is 1. The first-order chi connectivity index (χ1) is 6.06. The van der Waals surface area contributed by atoms with E-state index in [4.69, 9.17) is 0 Å². The zero-order chi connectivity index (χ0) is 10.0. The van der Waals surface area contributed by atoms with Gasteiger partial charge in [-0.05, 0) is 13.0 Å². The minimum atomic E-state index is -1.19. The van der Waals surface area contributed by atoms with E-state index in [1.165, 1.54) is 20.1 Å². The van der Waals surface area contributed by atoms with Gasteiger partial charge in [-0.15, -0.1) is 11.3 Å². The number of carbonyl (C=O) groups excluding carboxylic acids is 1. The molecule has 13 heavy (non-hydrogen) atoms. The van der Waals surface area contributed by atoms with E-state index in [2.05, 4.69) is 4.74 Å². The lowest BCUT2D eigenvalue weighted by molar-refractivity contribution is 0.0603. The van der Waals surface area contributed by atoms with E-state index < -0.39 is 12.1 Å². The van der Waals surface area contributed by atoms with Crippen molar-refractivity contribution in [2.45, 2.75) is 13.1 Å². The van der Waals surface area contributed by atoms with E-state index >= 15 is 0 Å². The lowest BCUT2D eigenvalue weighted by Gasteiger charge is -1.94. The molecule has 0 bridgehead atoms. The molecule has 1 aromatic rings. The second kappa shape index (κ2) is 3.74. The van der Waals surface area contributed by atoms with Crippen molar-refractivity contribution in [3.05, 3.63) is 15.8 Å². The molecule has 0 aliphatic carbocycles. The fraction of sp³-hybridized carbons (Fsp3) is 0.375. The second-order valence-electron chi connectivity index (χ2n) is 2.47. The Labute approximate surface area is 78.8 Å². The minimum absolute atomic E-state index is 0.0435. The average molecular weight is 204 g/mol. The van der Waals surface area contributed by atoms with Crippen molar-refractivity contribution in [1.82, 2.24) is 0 Å². The molecule has 0 radical (unpaired) electrons. The average Bonchev–Trinajstić information content (AvgIpc) is 2.46. The van der Waals surface area contributed by atoms with Crippen LogP contribution in [0.3, 0.4) is 0 Å². The molecule has 1 N–H and O–H groups in total. The van der Waals surface area contributed by atoms with Crippen molar-refractivity contribution in [3.63, 3.8) is 0 Å². The highest BCUT2D eigenvalue weighted by atomic mass is 32.1. The van der Waals surface area contributed by atoms with Gasteiger partial charge in [0.25, 0.3) is 0 Å². The highest BCUT2D eigenvalue weighted by Crippen LogP contribution is 2.33. The summed E-state index contributed by atoms with van der Waals surface area (Å²) in [5.41, 5.74) is 0. The molecule has 0 amide bonds. The van der Waals surface area contributed by atoms with Gasteiger partial charge in [-0.2, -0.15) is 0 Å². The van der Waals surface area contributed by atoms with Crippen LogP contribution in [0.5, 0.6) is 5.75 Å². The summed E-state index contributed by atoms with van der Waals surface area (Å²) in [4.78, 5) is 11.3. The van der Waals surface area contributed by atoms with E-state index in [0.717, 1.165) is 11.3 Å². The Hall–Kier alpha value is -1.10. The summed E-state index contributed by atoms with van der Waals surface area (Å²) in [7, 11) is 1.21. The number of hydrogen-bond acceptors (Lipinski definition) is 4. The van der Waals surface area contributed by atoms with Gasteiger partial charge in [-0.3, -0.25) is 0 Å². The Morgan fingerprint density at radius 1 is 1.77 bits per heavy atom. The first-order valence-electron chi connectivity index (χ1n) is 3.61. The van der Waals surface area contributed by atoms with Crippen LogP contribution < -0.4 is 0 Å². The molecule has 72 valence electrons. The summed E-state index contributed by atoms with van der Waals surface area (Å²) in [5.74, 6) is -0.870. The number of thiophene rings is 1. The van der Waals surface area contributed by atoms with E-state index in [-0.39, 0.29) is 10.6 Å². The molecular formula is C8H9FO3S. The molecule has 0 saturated heterocycles. The second-order valence-corrected chi connectivity index (χ2v) is 3.55. The largest absolute Gasteiger partial charge is 0.506 e. The van der Waals surface area contributed by atoms with Crippen molar-refractivity contribution in [3.8, 4) is 5.75 Å². The maximum Gasteiger partial charge on any atom is 0.351 e. The van der Waals surface area contributed by atoms with Crippen molar-refractivity contribution in [2.75, 3.05) is 7.11 Å². The molecule has 0 aromatic carbocycles. The molecule has 1 unspecified atom stereocenters. The van der Waals surface area contributed by atoms with Gasteiger partial charge in [-0.25, -0.2) is 9.18 Å². The van der Waals surface area contributed by atoms with Gasteiger partial charge in [0.2, 0.25) is 0 Å². The number of esters is 1. The Kier molecular flexibility index (Phi) is 2.87. The number of halogens is 1. The standard InChI is InChI=1S/C8H9FO3S/c1-4(9)6-3-5(10)7(13-6)8(11)12-2/h3-4,10H,1-2H3. The number of alkyl halides is 1. The van der Waals surface area contributed by atoms with Gasteiger partial charge in [0.05, 0.1) is 7.11 Å². The van der Waals surface area contributed by atoms with E-state index in [1.54, 1.807) is 0 Å². The third-order valence-electron chi connectivity index (χ3n) is 1.49. The summed E-state index contributed by atoms with van der Waals surface area (Å²) in [5, 5.41) is 9.22. The predicted octanol–water partition coefficient (Wildman–Crippen LogP) is 2.27. The van der Waals surface area contributed by atoms with Crippen molar-refractivity contribution in [1.29, 1.82) is 0 Å². The summed E-state index contributed by atoms with van der Waals surface area (Å²) in [6, 6.07) is 1.24. The molecular weight excluding hydrogens is 195 g/mol. The Morgan fingerprint density at radius 3 is 2.77 bits per heavy atom. The fourth-order valence-corrected chi connectivity index (χ4v) is 1.73.